The van der Waals surface area contributed by atoms with Crippen LogP contribution < -0.4 is 5.32 Å². The van der Waals surface area contributed by atoms with Crippen LogP contribution in [-0.4, -0.2) is 40.0 Å². The first-order chi connectivity index (χ1) is 9.65. The lowest BCUT2D eigenvalue weighted by Crippen LogP contribution is -2.37. The topological polar surface area (TPSA) is 32.6 Å². The molecule has 1 aliphatic rings. The van der Waals surface area contributed by atoms with Crippen molar-refractivity contribution in [2.24, 2.45) is 0 Å². The Morgan fingerprint density at radius 3 is 2.85 bits per heavy atom. The van der Waals surface area contributed by atoms with E-state index in [1.54, 1.807) is 11.3 Å². The number of imidazole rings is 1. The minimum absolute atomic E-state index is 0.525. The average Bonchev–Trinajstić information content (AvgIpc) is 3.08. The minimum Gasteiger partial charge on any atom is -0.307 e. The van der Waals surface area contributed by atoms with E-state index in [1.807, 2.05) is 0 Å². The van der Waals surface area contributed by atoms with Gasteiger partial charge in [0.25, 0.3) is 0 Å². The van der Waals surface area contributed by atoms with Crippen LogP contribution in [0.2, 0.25) is 0 Å². The lowest BCUT2D eigenvalue weighted by molar-refractivity contribution is 0.297. The maximum absolute atomic E-state index is 4.65. The molecule has 1 aliphatic heterocycles. The Labute approximate surface area is 124 Å². The average molecular weight is 292 g/mol. The monoisotopic (exact) mass is 292 g/mol. The summed E-state index contributed by atoms with van der Waals surface area (Å²) in [6.07, 6.45) is 2.73. The Morgan fingerprint density at radius 1 is 1.35 bits per heavy atom. The number of nitrogens with zero attached hydrogens (tertiary/aromatic N) is 3. The van der Waals surface area contributed by atoms with E-state index in [-0.39, 0.29) is 0 Å². The van der Waals surface area contributed by atoms with Crippen molar-refractivity contribution in [1.82, 2.24) is 19.6 Å². The summed E-state index contributed by atoms with van der Waals surface area (Å²) in [4.78, 5) is 8.32. The van der Waals surface area contributed by atoms with Crippen molar-refractivity contribution in [2.45, 2.75) is 46.2 Å². The van der Waals surface area contributed by atoms with Crippen molar-refractivity contribution >= 4 is 16.3 Å². The largest absolute Gasteiger partial charge is 0.307 e. The molecular formula is C15H24N4S. The number of aromatic nitrogens is 2. The number of rotatable bonds is 5. The normalized spacial score (nSPS) is 18.1. The summed E-state index contributed by atoms with van der Waals surface area (Å²) < 4.78 is 2.29. The highest BCUT2D eigenvalue weighted by Gasteiger charge is 2.16. The van der Waals surface area contributed by atoms with Gasteiger partial charge in [0.2, 0.25) is 0 Å². The zero-order valence-electron chi connectivity index (χ0n) is 12.6. The van der Waals surface area contributed by atoms with Gasteiger partial charge in [-0.25, -0.2) is 4.98 Å². The highest BCUT2D eigenvalue weighted by atomic mass is 32.1. The highest BCUT2D eigenvalue weighted by molar-refractivity contribution is 7.15. The van der Waals surface area contributed by atoms with E-state index >= 15 is 0 Å². The van der Waals surface area contributed by atoms with Crippen LogP contribution in [0.5, 0.6) is 0 Å². The van der Waals surface area contributed by atoms with E-state index in [1.165, 1.54) is 37.3 Å². The molecule has 2 aromatic rings. The second-order valence-electron chi connectivity index (χ2n) is 5.93. The van der Waals surface area contributed by atoms with Gasteiger partial charge >= 0.3 is 0 Å². The van der Waals surface area contributed by atoms with Gasteiger partial charge in [0.1, 0.15) is 0 Å². The molecule has 1 N–H and O–H groups in total. The predicted octanol–water partition coefficient (Wildman–Crippen LogP) is 2.59. The number of aryl methyl sites for hydroxylation is 2. The number of thiazole rings is 1. The molecule has 1 fully saturated rings. The number of hydrogen-bond acceptors (Lipinski definition) is 4. The maximum atomic E-state index is 4.65. The molecule has 0 aliphatic carbocycles. The SMILES string of the molecule is Cc1nc2scc(C)n2c1CNC(C)CN1CCCC1. The fraction of sp³-hybridized carbons (Fsp3) is 0.667. The van der Waals surface area contributed by atoms with E-state index in [0.29, 0.717) is 6.04 Å². The first-order valence-electron chi connectivity index (χ1n) is 7.53. The van der Waals surface area contributed by atoms with Crippen LogP contribution >= 0.6 is 11.3 Å². The second kappa shape index (κ2) is 5.84. The molecule has 2 aromatic heterocycles. The second-order valence-corrected chi connectivity index (χ2v) is 6.77. The molecule has 0 bridgehead atoms. The van der Waals surface area contributed by atoms with Crippen molar-refractivity contribution in [2.75, 3.05) is 19.6 Å². The molecule has 0 aromatic carbocycles. The first kappa shape index (κ1) is 14.0. The van der Waals surface area contributed by atoms with Crippen molar-refractivity contribution in [3.05, 3.63) is 22.5 Å². The van der Waals surface area contributed by atoms with Gasteiger partial charge in [-0.1, -0.05) is 0 Å². The zero-order valence-corrected chi connectivity index (χ0v) is 13.5. The van der Waals surface area contributed by atoms with E-state index in [9.17, 15) is 0 Å². The Bertz CT molecular complexity index is 580. The number of hydrogen-bond donors (Lipinski definition) is 1. The Morgan fingerprint density at radius 2 is 2.10 bits per heavy atom. The van der Waals surface area contributed by atoms with Crippen molar-refractivity contribution < 1.29 is 0 Å². The molecular weight excluding hydrogens is 268 g/mol. The highest BCUT2D eigenvalue weighted by Crippen LogP contribution is 2.20. The summed E-state index contributed by atoms with van der Waals surface area (Å²) in [5.41, 5.74) is 3.75. The van der Waals surface area contributed by atoms with E-state index in [2.05, 4.69) is 45.8 Å². The van der Waals surface area contributed by atoms with Crippen LogP contribution in [0.4, 0.5) is 0 Å². The molecule has 3 heterocycles. The summed E-state index contributed by atoms with van der Waals surface area (Å²) in [5, 5.41) is 5.84. The van der Waals surface area contributed by atoms with Crippen LogP contribution in [0.15, 0.2) is 5.38 Å². The molecule has 0 radical (unpaired) electrons. The maximum Gasteiger partial charge on any atom is 0.194 e. The summed E-state index contributed by atoms with van der Waals surface area (Å²) in [5.74, 6) is 0. The third kappa shape index (κ3) is 2.75. The smallest absolute Gasteiger partial charge is 0.194 e. The van der Waals surface area contributed by atoms with Gasteiger partial charge in [-0.3, -0.25) is 4.40 Å². The molecule has 0 amide bonds. The van der Waals surface area contributed by atoms with E-state index < -0.39 is 0 Å². The lowest BCUT2D eigenvalue weighted by atomic mass is 10.2. The van der Waals surface area contributed by atoms with Crippen molar-refractivity contribution in [3.8, 4) is 0 Å². The van der Waals surface area contributed by atoms with Gasteiger partial charge in [0.15, 0.2) is 4.96 Å². The Hall–Kier alpha value is -0.910. The Balaban J connectivity index is 1.64. The quantitative estimate of drug-likeness (QED) is 0.919. The van der Waals surface area contributed by atoms with E-state index in [4.69, 9.17) is 0 Å². The molecule has 1 atom stereocenters. The first-order valence-corrected chi connectivity index (χ1v) is 8.41. The van der Waals surface area contributed by atoms with Crippen LogP contribution in [-0.2, 0) is 6.54 Å². The molecule has 0 spiro atoms. The molecule has 20 heavy (non-hydrogen) atoms. The minimum atomic E-state index is 0.525. The third-order valence-electron chi connectivity index (χ3n) is 4.18. The summed E-state index contributed by atoms with van der Waals surface area (Å²) in [6, 6.07) is 0.525. The fourth-order valence-corrected chi connectivity index (χ4v) is 3.99. The zero-order chi connectivity index (χ0) is 14.1. The predicted molar refractivity (Wildman–Crippen MR) is 84.5 cm³/mol. The van der Waals surface area contributed by atoms with Gasteiger partial charge < -0.3 is 10.2 Å². The molecule has 1 saturated heterocycles. The fourth-order valence-electron chi connectivity index (χ4n) is 3.06. The van der Waals surface area contributed by atoms with Gasteiger partial charge in [-0.2, -0.15) is 0 Å². The van der Waals surface area contributed by atoms with Crippen LogP contribution in [0.3, 0.4) is 0 Å². The van der Waals surface area contributed by atoms with Gasteiger partial charge in [-0.05, 0) is 46.7 Å². The third-order valence-corrected chi connectivity index (χ3v) is 5.12. The summed E-state index contributed by atoms with van der Waals surface area (Å²) >= 11 is 1.73. The van der Waals surface area contributed by atoms with Crippen LogP contribution in [0.25, 0.3) is 4.96 Å². The molecule has 3 rings (SSSR count). The summed E-state index contributed by atoms with van der Waals surface area (Å²) in [6.45, 7) is 11.1. The van der Waals surface area contributed by atoms with Gasteiger partial charge in [-0.15, -0.1) is 11.3 Å². The van der Waals surface area contributed by atoms with Gasteiger partial charge in [0, 0.05) is 30.2 Å². The standard InChI is InChI=1S/C15H24N4S/c1-11(9-18-6-4-5-7-18)16-8-14-13(3)17-15-19(14)12(2)10-20-15/h10-11,16H,4-9H2,1-3H3. The van der Waals surface area contributed by atoms with Crippen molar-refractivity contribution in [3.63, 3.8) is 0 Å². The molecule has 110 valence electrons. The summed E-state index contributed by atoms with van der Waals surface area (Å²) in [7, 11) is 0. The number of fused-ring (bicyclic) bond motifs is 1. The lowest BCUT2D eigenvalue weighted by Gasteiger charge is -2.21. The molecule has 0 saturated carbocycles. The molecule has 5 heteroatoms. The number of likely N-dealkylation sites (tertiary alicyclic amines) is 1. The number of nitrogens with one attached hydrogen (secondary N) is 1. The van der Waals surface area contributed by atoms with Crippen LogP contribution in [0, 0.1) is 13.8 Å². The molecule has 4 nitrogen and oxygen atoms in total. The van der Waals surface area contributed by atoms with Crippen LogP contribution in [0.1, 0.15) is 36.8 Å². The van der Waals surface area contributed by atoms with E-state index in [0.717, 1.165) is 23.7 Å². The van der Waals surface area contributed by atoms with Crippen molar-refractivity contribution in [1.29, 1.82) is 0 Å². The molecule has 1 unspecified atom stereocenters. The Kier molecular flexibility index (Phi) is 4.10. The van der Waals surface area contributed by atoms with Gasteiger partial charge in [0.05, 0.1) is 11.4 Å².